The fraction of sp³-hybridized carbons (Fsp3) is 0.538. The van der Waals surface area contributed by atoms with Crippen LogP contribution >= 0.6 is 0 Å². The molecule has 0 bridgehead atoms. The summed E-state index contributed by atoms with van der Waals surface area (Å²) in [5.74, 6) is 0.886. The number of ether oxygens (including phenoxy) is 1. The van der Waals surface area contributed by atoms with Crippen LogP contribution in [0, 0.1) is 0 Å². The first-order valence-electron chi connectivity index (χ1n) is 11.3. The Bertz CT molecular complexity index is 544. The van der Waals surface area contributed by atoms with Gasteiger partial charge in [-0.3, -0.25) is 0 Å². The molecule has 0 amide bonds. The molecule has 0 radical (unpaired) electrons. The summed E-state index contributed by atoms with van der Waals surface area (Å²) in [6, 6.07) is 18.0. The van der Waals surface area contributed by atoms with Crippen molar-refractivity contribution in [1.29, 1.82) is 0 Å². The molecule has 0 aromatic heterocycles. The predicted molar refractivity (Wildman–Crippen MR) is 125 cm³/mol. The van der Waals surface area contributed by atoms with Gasteiger partial charge < -0.3 is 10.5 Å². The number of rotatable bonds is 10. The molecule has 0 fully saturated rings. The van der Waals surface area contributed by atoms with E-state index in [1.54, 1.807) is 0 Å². The highest BCUT2D eigenvalue weighted by molar-refractivity contribution is 5.34. The summed E-state index contributed by atoms with van der Waals surface area (Å²) in [5.41, 5.74) is 8.42. The van der Waals surface area contributed by atoms with Crippen molar-refractivity contribution >= 4 is 0 Å². The zero-order valence-corrected chi connectivity index (χ0v) is 18.9. The third-order valence-electron chi connectivity index (χ3n) is 4.42. The first-order valence-corrected chi connectivity index (χ1v) is 11.3. The van der Waals surface area contributed by atoms with Crippen LogP contribution in [-0.2, 0) is 0 Å². The van der Waals surface area contributed by atoms with Crippen LogP contribution in [0.25, 0.3) is 0 Å². The Morgan fingerprint density at radius 1 is 0.679 bits per heavy atom. The molecule has 2 nitrogen and oxygen atoms in total. The van der Waals surface area contributed by atoms with Crippen LogP contribution in [0.4, 0.5) is 0 Å². The maximum atomic E-state index is 6.20. The van der Waals surface area contributed by atoms with Crippen LogP contribution in [-0.4, -0.2) is 6.61 Å². The first-order chi connectivity index (χ1) is 13.7. The molecule has 0 aliphatic rings. The average Bonchev–Trinajstić information content (AvgIpc) is 2.76. The average molecular weight is 386 g/mol. The number of hydrogen-bond acceptors (Lipinski definition) is 2. The lowest BCUT2D eigenvalue weighted by molar-refractivity contribution is 0.340. The second-order valence-corrected chi connectivity index (χ2v) is 6.66. The lowest BCUT2D eigenvalue weighted by Gasteiger charge is -2.13. The Hall–Kier alpha value is -1.80. The van der Waals surface area contributed by atoms with Crippen molar-refractivity contribution in [3.05, 3.63) is 65.7 Å². The predicted octanol–water partition coefficient (Wildman–Crippen LogP) is 7.92. The Labute approximate surface area is 174 Å². The minimum Gasteiger partial charge on any atom is -0.494 e. The van der Waals surface area contributed by atoms with Gasteiger partial charge in [-0.05, 0) is 30.2 Å². The van der Waals surface area contributed by atoms with Gasteiger partial charge in [0, 0.05) is 0 Å². The van der Waals surface area contributed by atoms with Gasteiger partial charge in [0.05, 0.1) is 12.6 Å². The quantitative estimate of drug-likeness (QED) is 0.422. The molecule has 0 saturated carbocycles. The number of nitrogens with two attached hydrogens (primary N) is 1. The maximum absolute atomic E-state index is 6.20. The van der Waals surface area contributed by atoms with E-state index in [-0.39, 0.29) is 6.04 Å². The third-order valence-corrected chi connectivity index (χ3v) is 4.42. The van der Waals surface area contributed by atoms with E-state index in [1.165, 1.54) is 44.9 Å². The molecule has 2 rings (SSSR count). The summed E-state index contributed by atoms with van der Waals surface area (Å²) in [7, 11) is 0. The molecule has 2 aromatic carbocycles. The summed E-state index contributed by atoms with van der Waals surface area (Å²) >= 11 is 0. The monoisotopic (exact) mass is 385 g/mol. The van der Waals surface area contributed by atoms with E-state index in [2.05, 4.69) is 13.8 Å². The molecule has 2 N–H and O–H groups in total. The van der Waals surface area contributed by atoms with Crippen molar-refractivity contribution in [2.75, 3.05) is 6.61 Å². The van der Waals surface area contributed by atoms with E-state index in [9.17, 15) is 0 Å². The van der Waals surface area contributed by atoms with E-state index in [4.69, 9.17) is 10.5 Å². The second kappa shape index (κ2) is 18.6. The summed E-state index contributed by atoms with van der Waals surface area (Å²) in [4.78, 5) is 0. The van der Waals surface area contributed by atoms with E-state index in [1.807, 2.05) is 75.4 Å². The highest BCUT2D eigenvalue weighted by atomic mass is 16.5. The molecule has 158 valence electrons. The van der Waals surface area contributed by atoms with Gasteiger partial charge >= 0.3 is 0 Å². The Balaban J connectivity index is 0.000000566. The van der Waals surface area contributed by atoms with E-state index >= 15 is 0 Å². The SMILES string of the molecule is CC.CCCCCCCCC.CCOc1ccc(C(N)c2ccccc2)cc1. The van der Waals surface area contributed by atoms with Crippen molar-refractivity contribution in [1.82, 2.24) is 0 Å². The number of unbranched alkanes of at least 4 members (excludes halogenated alkanes) is 6. The van der Waals surface area contributed by atoms with E-state index in [0.29, 0.717) is 6.61 Å². The van der Waals surface area contributed by atoms with Gasteiger partial charge in [0.25, 0.3) is 0 Å². The van der Waals surface area contributed by atoms with Crippen LogP contribution in [0.15, 0.2) is 54.6 Å². The minimum absolute atomic E-state index is 0.0770. The van der Waals surface area contributed by atoms with Crippen LogP contribution in [0.3, 0.4) is 0 Å². The van der Waals surface area contributed by atoms with E-state index in [0.717, 1.165) is 16.9 Å². The highest BCUT2D eigenvalue weighted by Crippen LogP contribution is 2.21. The first kappa shape index (κ1) is 26.2. The molecule has 0 heterocycles. The largest absolute Gasteiger partial charge is 0.494 e. The van der Waals surface area contributed by atoms with Gasteiger partial charge in [-0.1, -0.05) is 115 Å². The zero-order valence-electron chi connectivity index (χ0n) is 18.9. The van der Waals surface area contributed by atoms with Crippen molar-refractivity contribution < 1.29 is 4.74 Å². The summed E-state index contributed by atoms with van der Waals surface area (Å²) < 4.78 is 5.41. The van der Waals surface area contributed by atoms with Gasteiger partial charge in [-0.15, -0.1) is 0 Å². The van der Waals surface area contributed by atoms with Gasteiger partial charge in [0.15, 0.2) is 0 Å². The van der Waals surface area contributed by atoms with Crippen LogP contribution in [0.5, 0.6) is 5.75 Å². The summed E-state index contributed by atoms with van der Waals surface area (Å²) in [5, 5.41) is 0. The van der Waals surface area contributed by atoms with Crippen LogP contribution in [0.2, 0.25) is 0 Å². The summed E-state index contributed by atoms with van der Waals surface area (Å²) in [6.45, 7) is 11.2. The van der Waals surface area contributed by atoms with Crippen LogP contribution in [0.1, 0.15) is 96.7 Å². The number of hydrogen-bond donors (Lipinski definition) is 1. The summed E-state index contributed by atoms with van der Waals surface area (Å²) in [6.07, 6.45) is 9.97. The molecule has 0 aliphatic carbocycles. The van der Waals surface area contributed by atoms with Gasteiger partial charge in [0.1, 0.15) is 5.75 Å². The van der Waals surface area contributed by atoms with Gasteiger partial charge in [0.2, 0.25) is 0 Å². The lowest BCUT2D eigenvalue weighted by Crippen LogP contribution is -2.11. The molecule has 0 saturated heterocycles. The standard InChI is InChI=1S/C15H17NO.C9H20.C2H6/c1-2-17-14-10-8-13(9-11-14)15(16)12-6-4-3-5-7-12;1-3-5-7-9-8-6-4-2;1-2/h3-11,15H,2,16H2,1H3;3-9H2,1-2H3;1-2H3. The Morgan fingerprint density at radius 3 is 1.61 bits per heavy atom. The molecule has 0 spiro atoms. The molecule has 0 aliphatic heterocycles. The minimum atomic E-state index is -0.0770. The Morgan fingerprint density at radius 2 is 1.14 bits per heavy atom. The Kier molecular flexibility index (Phi) is 17.4. The van der Waals surface area contributed by atoms with Crippen molar-refractivity contribution in [3.63, 3.8) is 0 Å². The smallest absolute Gasteiger partial charge is 0.119 e. The fourth-order valence-corrected chi connectivity index (χ4v) is 2.82. The maximum Gasteiger partial charge on any atom is 0.119 e. The number of benzene rings is 2. The van der Waals surface area contributed by atoms with Crippen molar-refractivity contribution in [3.8, 4) is 5.75 Å². The normalized spacial score (nSPS) is 10.8. The molecular formula is C26H43NO. The zero-order chi connectivity index (χ0) is 21.0. The molecule has 28 heavy (non-hydrogen) atoms. The van der Waals surface area contributed by atoms with Gasteiger partial charge in [-0.25, -0.2) is 0 Å². The van der Waals surface area contributed by atoms with Crippen molar-refractivity contribution in [2.24, 2.45) is 5.73 Å². The molecular weight excluding hydrogens is 342 g/mol. The molecule has 2 aromatic rings. The topological polar surface area (TPSA) is 35.2 Å². The molecule has 1 atom stereocenters. The highest BCUT2D eigenvalue weighted by Gasteiger charge is 2.07. The second-order valence-electron chi connectivity index (χ2n) is 6.66. The molecule has 1 unspecified atom stereocenters. The fourth-order valence-electron chi connectivity index (χ4n) is 2.82. The van der Waals surface area contributed by atoms with Crippen LogP contribution < -0.4 is 10.5 Å². The van der Waals surface area contributed by atoms with Crippen molar-refractivity contribution in [2.45, 2.75) is 85.6 Å². The van der Waals surface area contributed by atoms with E-state index < -0.39 is 0 Å². The third kappa shape index (κ3) is 11.8. The lowest BCUT2D eigenvalue weighted by atomic mass is 10.00. The molecule has 2 heteroatoms. The van der Waals surface area contributed by atoms with Gasteiger partial charge in [-0.2, -0.15) is 0 Å².